The van der Waals surface area contributed by atoms with E-state index >= 15 is 0 Å². The van der Waals surface area contributed by atoms with Crippen LogP contribution in [0.4, 0.5) is 0 Å². The SMILES string of the molecule is Cc1cccc(CNC(CC(C)C)CN(C)C)c1. The summed E-state index contributed by atoms with van der Waals surface area (Å²) in [6, 6.07) is 9.31. The van der Waals surface area contributed by atoms with Crippen molar-refractivity contribution in [3.8, 4) is 0 Å². The largest absolute Gasteiger partial charge is 0.309 e. The second-order valence-corrected chi connectivity index (χ2v) is 5.96. The Balaban J connectivity index is 2.50. The maximum Gasteiger partial charge on any atom is 0.0208 e. The van der Waals surface area contributed by atoms with Crippen molar-refractivity contribution in [3.05, 3.63) is 35.4 Å². The molecule has 1 N–H and O–H groups in total. The van der Waals surface area contributed by atoms with Crippen molar-refractivity contribution in [3.63, 3.8) is 0 Å². The zero-order chi connectivity index (χ0) is 13.5. The van der Waals surface area contributed by atoms with Crippen molar-refractivity contribution < 1.29 is 0 Å². The highest BCUT2D eigenvalue weighted by atomic mass is 15.1. The zero-order valence-corrected chi connectivity index (χ0v) is 12.5. The van der Waals surface area contributed by atoms with Crippen LogP contribution in [0, 0.1) is 12.8 Å². The summed E-state index contributed by atoms with van der Waals surface area (Å²) in [6.07, 6.45) is 1.23. The van der Waals surface area contributed by atoms with Crippen LogP contribution in [-0.2, 0) is 6.54 Å². The van der Waals surface area contributed by atoms with Crippen LogP contribution in [0.15, 0.2) is 24.3 Å². The van der Waals surface area contributed by atoms with Gasteiger partial charge in [-0.1, -0.05) is 43.7 Å². The van der Waals surface area contributed by atoms with Crippen LogP contribution >= 0.6 is 0 Å². The first kappa shape index (κ1) is 15.2. The summed E-state index contributed by atoms with van der Waals surface area (Å²) in [5.41, 5.74) is 2.71. The van der Waals surface area contributed by atoms with Gasteiger partial charge in [0.25, 0.3) is 0 Å². The summed E-state index contributed by atoms with van der Waals surface area (Å²) in [7, 11) is 4.28. The molecule has 2 nitrogen and oxygen atoms in total. The third-order valence-electron chi connectivity index (χ3n) is 3.02. The quantitative estimate of drug-likeness (QED) is 0.798. The molecule has 102 valence electrons. The van der Waals surface area contributed by atoms with Gasteiger partial charge in [-0.15, -0.1) is 0 Å². The predicted molar refractivity (Wildman–Crippen MR) is 79.8 cm³/mol. The van der Waals surface area contributed by atoms with Crippen LogP contribution in [0.25, 0.3) is 0 Å². The van der Waals surface area contributed by atoms with E-state index in [1.807, 2.05) is 0 Å². The van der Waals surface area contributed by atoms with Gasteiger partial charge >= 0.3 is 0 Å². The molecule has 0 aromatic heterocycles. The predicted octanol–water partition coefficient (Wildman–Crippen LogP) is 3.06. The number of aryl methyl sites for hydroxylation is 1. The summed E-state index contributed by atoms with van der Waals surface area (Å²) in [4.78, 5) is 2.26. The van der Waals surface area contributed by atoms with E-state index in [-0.39, 0.29) is 0 Å². The van der Waals surface area contributed by atoms with Gasteiger partial charge in [-0.25, -0.2) is 0 Å². The molecule has 0 fully saturated rings. The smallest absolute Gasteiger partial charge is 0.0208 e. The molecule has 18 heavy (non-hydrogen) atoms. The Morgan fingerprint density at radius 1 is 1.22 bits per heavy atom. The van der Waals surface area contributed by atoms with Gasteiger partial charge in [0.15, 0.2) is 0 Å². The molecular weight excluding hydrogens is 220 g/mol. The molecule has 1 atom stereocenters. The maximum absolute atomic E-state index is 3.68. The number of benzene rings is 1. The first-order valence-corrected chi connectivity index (χ1v) is 6.91. The van der Waals surface area contributed by atoms with E-state index in [4.69, 9.17) is 0 Å². The van der Waals surface area contributed by atoms with Crippen LogP contribution < -0.4 is 5.32 Å². The van der Waals surface area contributed by atoms with Gasteiger partial charge in [0, 0.05) is 19.1 Å². The molecule has 1 unspecified atom stereocenters. The summed E-state index contributed by atoms with van der Waals surface area (Å²) in [5, 5.41) is 3.68. The van der Waals surface area contributed by atoms with Crippen LogP contribution in [0.2, 0.25) is 0 Å². The Bertz CT molecular complexity index is 335. The average molecular weight is 248 g/mol. The number of hydrogen-bond donors (Lipinski definition) is 1. The summed E-state index contributed by atoms with van der Waals surface area (Å²) in [6.45, 7) is 8.79. The van der Waals surface area contributed by atoms with E-state index in [1.54, 1.807) is 0 Å². The molecule has 0 heterocycles. The lowest BCUT2D eigenvalue weighted by atomic mass is 10.0. The third kappa shape index (κ3) is 6.18. The van der Waals surface area contributed by atoms with Crippen LogP contribution in [0.3, 0.4) is 0 Å². The Labute approximate surface area is 112 Å². The lowest BCUT2D eigenvalue weighted by Gasteiger charge is -2.24. The molecular formula is C16H28N2. The van der Waals surface area contributed by atoms with E-state index < -0.39 is 0 Å². The van der Waals surface area contributed by atoms with E-state index in [1.165, 1.54) is 17.5 Å². The maximum atomic E-state index is 3.68. The molecule has 1 aromatic carbocycles. The summed E-state index contributed by atoms with van der Waals surface area (Å²) >= 11 is 0. The molecule has 0 saturated heterocycles. The Morgan fingerprint density at radius 2 is 1.94 bits per heavy atom. The Hall–Kier alpha value is -0.860. The van der Waals surface area contributed by atoms with Crippen molar-refractivity contribution in [2.24, 2.45) is 5.92 Å². The zero-order valence-electron chi connectivity index (χ0n) is 12.5. The highest BCUT2D eigenvalue weighted by Gasteiger charge is 2.11. The van der Waals surface area contributed by atoms with Crippen LogP contribution in [0.5, 0.6) is 0 Å². The van der Waals surface area contributed by atoms with Crippen molar-refractivity contribution >= 4 is 0 Å². The molecule has 0 aliphatic carbocycles. The number of nitrogens with zero attached hydrogens (tertiary/aromatic N) is 1. The summed E-state index contributed by atoms with van der Waals surface area (Å²) in [5.74, 6) is 0.736. The fourth-order valence-corrected chi connectivity index (χ4v) is 2.32. The third-order valence-corrected chi connectivity index (χ3v) is 3.02. The minimum atomic E-state index is 0.570. The van der Waals surface area contributed by atoms with Gasteiger partial charge in [0.1, 0.15) is 0 Å². The first-order chi connectivity index (χ1) is 8.47. The molecule has 0 aliphatic rings. The van der Waals surface area contributed by atoms with Crippen molar-refractivity contribution in [2.75, 3.05) is 20.6 Å². The minimum absolute atomic E-state index is 0.570. The van der Waals surface area contributed by atoms with Gasteiger partial charge in [-0.2, -0.15) is 0 Å². The van der Waals surface area contributed by atoms with Crippen LogP contribution in [0.1, 0.15) is 31.4 Å². The van der Waals surface area contributed by atoms with Gasteiger partial charge in [0.05, 0.1) is 0 Å². The first-order valence-electron chi connectivity index (χ1n) is 6.91. The van der Waals surface area contributed by atoms with Gasteiger partial charge in [-0.3, -0.25) is 0 Å². The lowest BCUT2D eigenvalue weighted by molar-refractivity contribution is 0.305. The number of likely N-dealkylation sites (N-methyl/N-ethyl adjacent to an activating group) is 1. The average Bonchev–Trinajstić information content (AvgIpc) is 2.24. The van der Waals surface area contributed by atoms with Crippen molar-refractivity contribution in [1.82, 2.24) is 10.2 Å². The van der Waals surface area contributed by atoms with Crippen molar-refractivity contribution in [2.45, 2.75) is 39.8 Å². The molecule has 0 saturated carbocycles. The highest BCUT2D eigenvalue weighted by Crippen LogP contribution is 2.08. The fourth-order valence-electron chi connectivity index (χ4n) is 2.32. The Morgan fingerprint density at radius 3 is 2.50 bits per heavy atom. The van der Waals surface area contributed by atoms with E-state index in [0.717, 1.165) is 19.0 Å². The molecule has 0 aliphatic heterocycles. The Kier molecular flexibility index (Phi) is 6.37. The van der Waals surface area contributed by atoms with Gasteiger partial charge in [0.2, 0.25) is 0 Å². The minimum Gasteiger partial charge on any atom is -0.309 e. The van der Waals surface area contributed by atoms with Crippen molar-refractivity contribution in [1.29, 1.82) is 0 Å². The molecule has 1 rings (SSSR count). The van der Waals surface area contributed by atoms with E-state index in [2.05, 4.69) is 69.3 Å². The van der Waals surface area contributed by atoms with Gasteiger partial charge in [-0.05, 0) is 38.9 Å². The molecule has 0 radical (unpaired) electrons. The lowest BCUT2D eigenvalue weighted by Crippen LogP contribution is -2.38. The molecule has 0 spiro atoms. The second-order valence-electron chi connectivity index (χ2n) is 5.96. The highest BCUT2D eigenvalue weighted by molar-refractivity contribution is 5.22. The molecule has 0 amide bonds. The normalized spacial score (nSPS) is 13.3. The monoisotopic (exact) mass is 248 g/mol. The fraction of sp³-hybridized carbons (Fsp3) is 0.625. The van der Waals surface area contributed by atoms with Crippen LogP contribution in [-0.4, -0.2) is 31.6 Å². The number of hydrogen-bond acceptors (Lipinski definition) is 2. The van der Waals surface area contributed by atoms with E-state index in [9.17, 15) is 0 Å². The number of nitrogens with one attached hydrogen (secondary N) is 1. The molecule has 1 aromatic rings. The van der Waals surface area contributed by atoms with E-state index in [0.29, 0.717) is 6.04 Å². The number of rotatable bonds is 7. The molecule has 2 heteroatoms. The standard InChI is InChI=1S/C16H28N2/c1-13(2)9-16(12-18(4)5)17-11-15-8-6-7-14(3)10-15/h6-8,10,13,16-17H,9,11-12H2,1-5H3. The topological polar surface area (TPSA) is 15.3 Å². The van der Waals surface area contributed by atoms with Gasteiger partial charge < -0.3 is 10.2 Å². The second kappa shape index (κ2) is 7.55. The summed E-state index contributed by atoms with van der Waals surface area (Å²) < 4.78 is 0. The molecule has 0 bridgehead atoms.